The Labute approximate surface area is 123 Å². The number of rotatable bonds is 9. The first-order chi connectivity index (χ1) is 9.51. The maximum atomic E-state index is 12.2. The summed E-state index contributed by atoms with van der Waals surface area (Å²) in [6, 6.07) is 6.80. The first kappa shape index (κ1) is 17.1. The zero-order valence-electron chi connectivity index (χ0n) is 11.9. The lowest BCUT2D eigenvalue weighted by atomic mass is 10.3. The van der Waals surface area contributed by atoms with Crippen molar-refractivity contribution < 1.29 is 12.6 Å². The highest BCUT2D eigenvalue weighted by molar-refractivity contribution is 7.89. The average molecular weight is 318 g/mol. The first-order valence-corrected chi connectivity index (χ1v) is 9.66. The van der Waals surface area contributed by atoms with Crippen molar-refractivity contribution in [2.45, 2.75) is 25.2 Å². The van der Waals surface area contributed by atoms with Crippen LogP contribution in [-0.2, 0) is 20.8 Å². The van der Waals surface area contributed by atoms with E-state index in [0.29, 0.717) is 23.7 Å². The molecule has 0 amide bonds. The lowest BCUT2D eigenvalue weighted by molar-refractivity contribution is 0.584. The van der Waals surface area contributed by atoms with Gasteiger partial charge in [-0.3, -0.25) is 4.21 Å². The SMILES string of the molecule is CCCNc1ccccc1S(=O)(=O)NCCS(=O)CC. The van der Waals surface area contributed by atoms with Gasteiger partial charge in [0.1, 0.15) is 4.90 Å². The van der Waals surface area contributed by atoms with Gasteiger partial charge < -0.3 is 5.32 Å². The fraction of sp³-hybridized carbons (Fsp3) is 0.538. The smallest absolute Gasteiger partial charge is 0.242 e. The third-order valence-electron chi connectivity index (χ3n) is 2.69. The Morgan fingerprint density at radius 1 is 1.15 bits per heavy atom. The molecule has 1 aromatic carbocycles. The summed E-state index contributed by atoms with van der Waals surface area (Å²) in [7, 11) is -4.54. The van der Waals surface area contributed by atoms with Crippen LogP contribution in [-0.4, -0.2) is 37.2 Å². The Hall–Kier alpha value is -0.920. The molecule has 1 aromatic rings. The number of benzene rings is 1. The van der Waals surface area contributed by atoms with Gasteiger partial charge in [-0.05, 0) is 18.6 Å². The zero-order valence-corrected chi connectivity index (χ0v) is 13.5. The van der Waals surface area contributed by atoms with E-state index >= 15 is 0 Å². The molecule has 0 saturated heterocycles. The summed E-state index contributed by atoms with van der Waals surface area (Å²) in [5, 5.41) is 3.10. The molecule has 0 aromatic heterocycles. The summed E-state index contributed by atoms with van der Waals surface area (Å²) in [6.45, 7) is 4.73. The summed E-state index contributed by atoms with van der Waals surface area (Å²) < 4.78 is 38.3. The van der Waals surface area contributed by atoms with Gasteiger partial charge in [0, 0.05) is 35.4 Å². The van der Waals surface area contributed by atoms with E-state index in [1.165, 1.54) is 0 Å². The molecule has 0 aliphatic carbocycles. The molecule has 2 N–H and O–H groups in total. The highest BCUT2D eigenvalue weighted by Crippen LogP contribution is 2.20. The van der Waals surface area contributed by atoms with E-state index in [0.717, 1.165) is 6.42 Å². The molecular formula is C13H22N2O3S2. The number of hydrogen-bond acceptors (Lipinski definition) is 4. The van der Waals surface area contributed by atoms with Crippen molar-refractivity contribution in [2.24, 2.45) is 0 Å². The minimum Gasteiger partial charge on any atom is -0.384 e. The fourth-order valence-corrected chi connectivity index (χ4v) is 3.58. The summed E-state index contributed by atoms with van der Waals surface area (Å²) in [6.07, 6.45) is 0.914. The summed E-state index contributed by atoms with van der Waals surface area (Å²) in [5.41, 5.74) is 0.596. The predicted octanol–water partition coefficient (Wildman–Crippen LogP) is 1.56. The highest BCUT2D eigenvalue weighted by atomic mass is 32.2. The maximum Gasteiger partial charge on any atom is 0.242 e. The lowest BCUT2D eigenvalue weighted by Crippen LogP contribution is -2.28. The van der Waals surface area contributed by atoms with Crippen molar-refractivity contribution in [2.75, 3.05) is 29.9 Å². The van der Waals surface area contributed by atoms with E-state index in [1.54, 1.807) is 24.3 Å². The van der Waals surface area contributed by atoms with E-state index in [4.69, 9.17) is 0 Å². The molecule has 0 aliphatic rings. The molecule has 5 nitrogen and oxygen atoms in total. The molecule has 0 aliphatic heterocycles. The second-order valence-corrected chi connectivity index (χ2v) is 7.85. The van der Waals surface area contributed by atoms with Gasteiger partial charge in [0.2, 0.25) is 10.0 Å². The molecule has 1 atom stereocenters. The summed E-state index contributed by atoms with van der Waals surface area (Å²) in [4.78, 5) is 0.232. The van der Waals surface area contributed by atoms with Gasteiger partial charge in [0.15, 0.2) is 0 Å². The van der Waals surface area contributed by atoms with Crippen LogP contribution in [0.2, 0.25) is 0 Å². The number of nitrogens with one attached hydrogen (secondary N) is 2. The maximum absolute atomic E-state index is 12.2. The fourth-order valence-electron chi connectivity index (χ4n) is 1.62. The van der Waals surface area contributed by atoms with E-state index in [2.05, 4.69) is 10.0 Å². The molecule has 0 spiro atoms. The van der Waals surface area contributed by atoms with Crippen LogP contribution >= 0.6 is 0 Å². The summed E-state index contributed by atoms with van der Waals surface area (Å²) >= 11 is 0. The van der Waals surface area contributed by atoms with Gasteiger partial charge in [0.05, 0.1) is 5.69 Å². The van der Waals surface area contributed by atoms with Gasteiger partial charge in [-0.1, -0.05) is 26.0 Å². The molecular weight excluding hydrogens is 296 g/mol. The quantitative estimate of drug-likeness (QED) is 0.724. The number of para-hydroxylation sites is 1. The molecule has 0 fully saturated rings. The second kappa shape index (κ2) is 8.39. The molecule has 114 valence electrons. The van der Waals surface area contributed by atoms with E-state index in [-0.39, 0.29) is 11.4 Å². The molecule has 0 radical (unpaired) electrons. The van der Waals surface area contributed by atoms with Crippen LogP contribution in [0.4, 0.5) is 5.69 Å². The molecule has 1 unspecified atom stereocenters. The largest absolute Gasteiger partial charge is 0.384 e. The standard InChI is InChI=1S/C13H22N2O3S2/c1-3-9-14-12-7-5-6-8-13(12)20(17,18)15-10-11-19(16)4-2/h5-8,14-15H,3-4,9-11H2,1-2H3. The molecule has 0 saturated carbocycles. The highest BCUT2D eigenvalue weighted by Gasteiger charge is 2.17. The van der Waals surface area contributed by atoms with Crippen molar-refractivity contribution in [3.05, 3.63) is 24.3 Å². The normalized spacial score (nSPS) is 13.1. The Kier molecular flexibility index (Phi) is 7.18. The van der Waals surface area contributed by atoms with Crippen LogP contribution in [0.3, 0.4) is 0 Å². The number of sulfonamides is 1. The molecule has 1 rings (SSSR count). The molecule has 0 heterocycles. The average Bonchev–Trinajstić information content (AvgIpc) is 2.45. The molecule has 20 heavy (non-hydrogen) atoms. The van der Waals surface area contributed by atoms with Gasteiger partial charge in [-0.2, -0.15) is 0 Å². The molecule has 7 heteroatoms. The number of hydrogen-bond donors (Lipinski definition) is 2. The van der Waals surface area contributed by atoms with Crippen LogP contribution in [0.5, 0.6) is 0 Å². The zero-order chi connectivity index (χ0) is 15.0. The minimum atomic E-state index is -3.57. The van der Waals surface area contributed by atoms with Crippen molar-refractivity contribution in [1.82, 2.24) is 4.72 Å². The van der Waals surface area contributed by atoms with Crippen LogP contribution in [0.25, 0.3) is 0 Å². The van der Waals surface area contributed by atoms with E-state index in [1.807, 2.05) is 13.8 Å². The van der Waals surface area contributed by atoms with Crippen LogP contribution < -0.4 is 10.0 Å². The van der Waals surface area contributed by atoms with Crippen molar-refractivity contribution in [3.63, 3.8) is 0 Å². The van der Waals surface area contributed by atoms with Crippen molar-refractivity contribution >= 4 is 26.5 Å². The van der Waals surface area contributed by atoms with Crippen LogP contribution in [0, 0.1) is 0 Å². The lowest BCUT2D eigenvalue weighted by Gasteiger charge is -2.12. The third kappa shape index (κ3) is 5.22. The first-order valence-electron chi connectivity index (χ1n) is 6.68. The van der Waals surface area contributed by atoms with Crippen LogP contribution in [0.1, 0.15) is 20.3 Å². The Balaban J connectivity index is 2.78. The van der Waals surface area contributed by atoms with Gasteiger partial charge >= 0.3 is 0 Å². The monoisotopic (exact) mass is 318 g/mol. The minimum absolute atomic E-state index is 0.185. The third-order valence-corrected chi connectivity index (χ3v) is 5.51. The van der Waals surface area contributed by atoms with Crippen LogP contribution in [0.15, 0.2) is 29.2 Å². The predicted molar refractivity (Wildman–Crippen MR) is 84.0 cm³/mol. The topological polar surface area (TPSA) is 75.3 Å². The second-order valence-electron chi connectivity index (χ2n) is 4.25. The van der Waals surface area contributed by atoms with Gasteiger partial charge in [-0.25, -0.2) is 13.1 Å². The Morgan fingerprint density at radius 3 is 2.50 bits per heavy atom. The Morgan fingerprint density at radius 2 is 1.85 bits per heavy atom. The van der Waals surface area contributed by atoms with E-state index < -0.39 is 20.8 Å². The van der Waals surface area contributed by atoms with E-state index in [9.17, 15) is 12.6 Å². The Bertz CT molecular complexity index is 544. The van der Waals surface area contributed by atoms with Gasteiger partial charge in [-0.15, -0.1) is 0 Å². The summed E-state index contributed by atoms with van der Waals surface area (Å²) in [5.74, 6) is 0.872. The van der Waals surface area contributed by atoms with Gasteiger partial charge in [0.25, 0.3) is 0 Å². The molecule has 0 bridgehead atoms. The van der Waals surface area contributed by atoms with Crippen molar-refractivity contribution in [3.8, 4) is 0 Å². The van der Waals surface area contributed by atoms with Crippen molar-refractivity contribution in [1.29, 1.82) is 0 Å². The number of anilines is 1.